The Morgan fingerprint density at radius 1 is 1.00 bits per heavy atom. The number of fused-ring (bicyclic) bond motifs is 1. The van der Waals surface area contributed by atoms with Crippen molar-refractivity contribution in [3.05, 3.63) is 107 Å². The van der Waals surface area contributed by atoms with Gasteiger partial charge in [-0.2, -0.15) is 8.78 Å². The Labute approximate surface area is 238 Å². The lowest BCUT2D eigenvalue weighted by Gasteiger charge is -2.11. The number of nitrogens with zero attached hydrogens (tertiary/aromatic N) is 3. The van der Waals surface area contributed by atoms with Gasteiger partial charge in [0.05, 0.1) is 28.9 Å². The fourth-order valence-electron chi connectivity index (χ4n) is 4.52. The van der Waals surface area contributed by atoms with Gasteiger partial charge in [0.15, 0.2) is 0 Å². The average Bonchev–Trinajstić information content (AvgIpc) is 3.32. The zero-order valence-corrected chi connectivity index (χ0v) is 22.5. The van der Waals surface area contributed by atoms with Crippen molar-refractivity contribution in [2.24, 2.45) is 0 Å². The zero-order valence-electron chi connectivity index (χ0n) is 22.5. The molecule has 0 aliphatic carbocycles. The quantitative estimate of drug-likeness (QED) is 0.185. The molecule has 2 heterocycles. The summed E-state index contributed by atoms with van der Waals surface area (Å²) in [7, 11) is 1.57. The molecule has 5 aromatic rings. The van der Waals surface area contributed by atoms with Gasteiger partial charge >= 0.3 is 12.6 Å². The standard InChI is InChI=1S/C31H26F3N3O5/c1-40-13-12-37-27-16-22(30(38)39)10-11-26(27)35-28(37)17-20-8-9-21(15-24(20)32)25-6-3-7-29(36-25)41-18-19-4-2-5-23(14-19)42-31(33)34/h2-11,14-16,31H,12-13,17-18H2,1H3,(H,38,39). The van der Waals surface area contributed by atoms with E-state index in [0.29, 0.717) is 52.4 Å². The van der Waals surface area contributed by atoms with Crippen molar-refractivity contribution >= 4 is 17.0 Å². The lowest BCUT2D eigenvalue weighted by atomic mass is 10.1. The average molecular weight is 578 g/mol. The minimum Gasteiger partial charge on any atom is -0.478 e. The molecule has 1 N–H and O–H groups in total. The first-order valence-electron chi connectivity index (χ1n) is 12.9. The van der Waals surface area contributed by atoms with E-state index >= 15 is 4.39 Å². The number of carboxylic acid groups (broad SMARTS) is 1. The number of carboxylic acids is 1. The number of carbonyl (C=O) groups is 1. The Morgan fingerprint density at radius 3 is 2.60 bits per heavy atom. The van der Waals surface area contributed by atoms with Gasteiger partial charge in [-0.25, -0.2) is 19.2 Å². The summed E-state index contributed by atoms with van der Waals surface area (Å²) in [5.74, 6) is -0.607. The van der Waals surface area contributed by atoms with Crippen LogP contribution in [0.25, 0.3) is 22.3 Å². The fourth-order valence-corrected chi connectivity index (χ4v) is 4.52. The number of rotatable bonds is 12. The van der Waals surface area contributed by atoms with Crippen LogP contribution >= 0.6 is 0 Å². The molecular weight excluding hydrogens is 551 g/mol. The van der Waals surface area contributed by atoms with Crippen LogP contribution in [-0.2, 0) is 24.3 Å². The third-order valence-corrected chi connectivity index (χ3v) is 6.52. The predicted molar refractivity (Wildman–Crippen MR) is 148 cm³/mol. The molecule has 0 radical (unpaired) electrons. The Kier molecular flexibility index (Phi) is 8.68. The smallest absolute Gasteiger partial charge is 0.387 e. The molecule has 0 saturated carbocycles. The van der Waals surface area contributed by atoms with Crippen LogP contribution in [0.3, 0.4) is 0 Å². The number of methoxy groups -OCH3 is 1. The molecule has 2 aromatic heterocycles. The highest BCUT2D eigenvalue weighted by Crippen LogP contribution is 2.26. The van der Waals surface area contributed by atoms with E-state index < -0.39 is 18.4 Å². The van der Waals surface area contributed by atoms with Gasteiger partial charge in [-0.15, -0.1) is 0 Å². The van der Waals surface area contributed by atoms with E-state index in [1.165, 1.54) is 24.3 Å². The molecule has 8 nitrogen and oxygen atoms in total. The van der Waals surface area contributed by atoms with Gasteiger partial charge in [-0.3, -0.25) is 0 Å². The highest BCUT2D eigenvalue weighted by atomic mass is 19.3. The van der Waals surface area contributed by atoms with Crippen molar-refractivity contribution in [1.29, 1.82) is 0 Å². The molecule has 0 atom stereocenters. The molecule has 0 saturated heterocycles. The van der Waals surface area contributed by atoms with Crippen molar-refractivity contribution < 1.29 is 37.3 Å². The van der Waals surface area contributed by atoms with Crippen molar-refractivity contribution in [2.45, 2.75) is 26.2 Å². The van der Waals surface area contributed by atoms with E-state index in [2.05, 4.69) is 14.7 Å². The van der Waals surface area contributed by atoms with Gasteiger partial charge in [0.2, 0.25) is 5.88 Å². The summed E-state index contributed by atoms with van der Waals surface area (Å²) in [4.78, 5) is 20.6. The summed E-state index contributed by atoms with van der Waals surface area (Å²) >= 11 is 0. The summed E-state index contributed by atoms with van der Waals surface area (Å²) in [5.41, 5.74) is 3.42. The van der Waals surface area contributed by atoms with Gasteiger partial charge in [0.25, 0.3) is 0 Å². The molecule has 5 rings (SSSR count). The van der Waals surface area contributed by atoms with Crippen molar-refractivity contribution in [1.82, 2.24) is 14.5 Å². The number of pyridine rings is 1. The Hall–Kier alpha value is -4.90. The van der Waals surface area contributed by atoms with Gasteiger partial charge in [-0.1, -0.05) is 30.3 Å². The van der Waals surface area contributed by atoms with E-state index in [9.17, 15) is 18.7 Å². The van der Waals surface area contributed by atoms with Crippen molar-refractivity contribution in [3.63, 3.8) is 0 Å². The van der Waals surface area contributed by atoms with E-state index in [1.54, 1.807) is 61.7 Å². The number of halogens is 3. The van der Waals surface area contributed by atoms with Crippen LogP contribution in [0.4, 0.5) is 13.2 Å². The largest absolute Gasteiger partial charge is 0.478 e. The normalized spacial score (nSPS) is 11.3. The maximum Gasteiger partial charge on any atom is 0.387 e. The molecular formula is C31H26F3N3O5. The molecule has 11 heteroatoms. The Balaban J connectivity index is 1.34. The number of benzene rings is 3. The SMILES string of the molecule is COCCn1c(Cc2ccc(-c3cccc(OCc4cccc(OC(F)F)c4)n3)cc2F)nc2ccc(C(=O)O)cc21. The van der Waals surface area contributed by atoms with Gasteiger partial charge in [-0.05, 0) is 53.6 Å². The van der Waals surface area contributed by atoms with Crippen LogP contribution in [0.15, 0.2) is 78.9 Å². The number of ether oxygens (including phenoxy) is 3. The van der Waals surface area contributed by atoms with Crippen molar-refractivity contribution in [2.75, 3.05) is 13.7 Å². The minimum absolute atomic E-state index is 0.0302. The number of imidazole rings is 1. The molecule has 0 amide bonds. The van der Waals surface area contributed by atoms with Crippen LogP contribution in [-0.4, -0.2) is 45.9 Å². The van der Waals surface area contributed by atoms with Crippen LogP contribution in [0, 0.1) is 5.82 Å². The Bertz CT molecular complexity index is 1720. The maximum absolute atomic E-state index is 15.4. The number of hydrogen-bond acceptors (Lipinski definition) is 6. The molecule has 42 heavy (non-hydrogen) atoms. The highest BCUT2D eigenvalue weighted by molar-refractivity contribution is 5.92. The molecule has 0 spiro atoms. The lowest BCUT2D eigenvalue weighted by Crippen LogP contribution is -2.10. The lowest BCUT2D eigenvalue weighted by molar-refractivity contribution is -0.0499. The minimum atomic E-state index is -2.92. The predicted octanol–water partition coefficient (Wildman–Crippen LogP) is 6.35. The Morgan fingerprint density at radius 2 is 1.83 bits per heavy atom. The first-order valence-corrected chi connectivity index (χ1v) is 12.9. The van der Waals surface area contributed by atoms with E-state index in [1.807, 2.05) is 4.57 Å². The summed E-state index contributed by atoms with van der Waals surface area (Å²) < 4.78 is 57.6. The molecule has 0 unspecified atom stereocenters. The van der Waals surface area contributed by atoms with E-state index in [0.717, 1.165) is 0 Å². The molecule has 0 fully saturated rings. The topological polar surface area (TPSA) is 95.7 Å². The monoisotopic (exact) mass is 577 g/mol. The molecule has 3 aromatic carbocycles. The second-order valence-corrected chi connectivity index (χ2v) is 9.34. The second kappa shape index (κ2) is 12.7. The van der Waals surface area contributed by atoms with Crippen LogP contribution in [0.5, 0.6) is 11.6 Å². The first kappa shape index (κ1) is 28.6. The summed E-state index contributed by atoms with van der Waals surface area (Å²) in [6.45, 7) is -2.06. The molecule has 216 valence electrons. The summed E-state index contributed by atoms with van der Waals surface area (Å²) in [6, 6.07) is 20.8. The number of aromatic nitrogens is 3. The van der Waals surface area contributed by atoms with Crippen LogP contribution in [0.2, 0.25) is 0 Å². The number of hydrogen-bond donors (Lipinski definition) is 1. The van der Waals surface area contributed by atoms with Gasteiger partial charge in [0.1, 0.15) is 24.0 Å². The second-order valence-electron chi connectivity index (χ2n) is 9.34. The molecule has 0 aliphatic rings. The number of alkyl halides is 2. The summed E-state index contributed by atoms with van der Waals surface area (Å²) in [5, 5.41) is 9.40. The third kappa shape index (κ3) is 6.69. The maximum atomic E-state index is 15.4. The van der Waals surface area contributed by atoms with Gasteiger partial charge in [0, 0.05) is 31.7 Å². The zero-order chi connectivity index (χ0) is 29.6. The van der Waals surface area contributed by atoms with E-state index in [4.69, 9.17) is 9.47 Å². The number of aromatic carboxylic acids is 1. The van der Waals surface area contributed by atoms with Crippen molar-refractivity contribution in [3.8, 4) is 22.9 Å². The third-order valence-electron chi connectivity index (χ3n) is 6.52. The van der Waals surface area contributed by atoms with Crippen LogP contribution in [0.1, 0.15) is 27.3 Å². The summed E-state index contributed by atoms with van der Waals surface area (Å²) in [6.07, 6.45) is 0.178. The molecule has 0 bridgehead atoms. The fraction of sp³-hybridized carbons (Fsp3) is 0.194. The van der Waals surface area contributed by atoms with E-state index in [-0.39, 0.29) is 30.2 Å². The highest BCUT2D eigenvalue weighted by Gasteiger charge is 2.16. The van der Waals surface area contributed by atoms with Gasteiger partial charge < -0.3 is 23.9 Å². The molecule has 0 aliphatic heterocycles. The first-order chi connectivity index (χ1) is 20.3. The van der Waals surface area contributed by atoms with Crippen LogP contribution < -0.4 is 9.47 Å².